The second-order valence-electron chi connectivity index (χ2n) is 4.40. The van der Waals surface area contributed by atoms with Crippen LogP contribution in [0.2, 0.25) is 5.02 Å². The summed E-state index contributed by atoms with van der Waals surface area (Å²) in [6, 6.07) is 3.80. The lowest BCUT2D eigenvalue weighted by molar-refractivity contribution is -0.385. The van der Waals surface area contributed by atoms with Crippen molar-refractivity contribution in [2.45, 2.75) is 0 Å². The van der Waals surface area contributed by atoms with Crippen molar-refractivity contribution in [3.63, 3.8) is 0 Å². The van der Waals surface area contributed by atoms with Crippen molar-refractivity contribution in [3.8, 4) is 11.5 Å². The summed E-state index contributed by atoms with van der Waals surface area (Å²) in [6.45, 7) is 0. The first-order chi connectivity index (χ1) is 11.3. The van der Waals surface area contributed by atoms with Crippen LogP contribution in [0.15, 0.2) is 24.3 Å². The molecule has 2 rings (SSSR count). The predicted molar refractivity (Wildman–Crippen MR) is 80.3 cm³/mol. The van der Waals surface area contributed by atoms with Gasteiger partial charge >= 0.3 is 5.97 Å². The van der Waals surface area contributed by atoms with E-state index in [9.17, 15) is 23.7 Å². The maximum absolute atomic E-state index is 14.5. The van der Waals surface area contributed by atoms with E-state index in [2.05, 4.69) is 4.74 Å². The minimum atomic E-state index is -1.39. The molecule has 24 heavy (non-hydrogen) atoms. The van der Waals surface area contributed by atoms with Crippen LogP contribution in [0.4, 0.5) is 20.2 Å². The maximum atomic E-state index is 14.5. The molecule has 0 saturated carbocycles. The van der Waals surface area contributed by atoms with Crippen molar-refractivity contribution in [3.05, 3.63) is 56.6 Å². The van der Waals surface area contributed by atoms with Crippen molar-refractivity contribution < 1.29 is 28.0 Å². The third-order valence-electron chi connectivity index (χ3n) is 2.96. The SMILES string of the molecule is COC(=O)c1c([N+](=O)[O-])ccc(Oc2c(F)ccc(N)c2Cl)c1F. The van der Waals surface area contributed by atoms with Gasteiger partial charge in [-0.05, 0) is 18.2 Å². The largest absolute Gasteiger partial charge is 0.465 e. The van der Waals surface area contributed by atoms with Gasteiger partial charge in [0.1, 0.15) is 5.02 Å². The van der Waals surface area contributed by atoms with Crippen molar-refractivity contribution in [2.75, 3.05) is 12.8 Å². The molecule has 0 heterocycles. The van der Waals surface area contributed by atoms with Crippen LogP contribution in [0, 0.1) is 21.7 Å². The highest BCUT2D eigenvalue weighted by Gasteiger charge is 2.29. The minimum Gasteiger partial charge on any atom is -0.465 e. The molecule has 10 heteroatoms. The summed E-state index contributed by atoms with van der Waals surface area (Å²) < 4.78 is 37.6. The summed E-state index contributed by atoms with van der Waals surface area (Å²) in [7, 11) is 0.924. The molecule has 0 amide bonds. The molecule has 0 aliphatic heterocycles. The van der Waals surface area contributed by atoms with Gasteiger partial charge in [0.15, 0.2) is 28.7 Å². The smallest absolute Gasteiger partial charge is 0.348 e. The van der Waals surface area contributed by atoms with E-state index in [-0.39, 0.29) is 10.7 Å². The lowest BCUT2D eigenvalue weighted by atomic mass is 10.1. The number of rotatable bonds is 4. The van der Waals surface area contributed by atoms with Gasteiger partial charge in [-0.15, -0.1) is 0 Å². The van der Waals surface area contributed by atoms with Gasteiger partial charge in [-0.2, -0.15) is 0 Å². The average Bonchev–Trinajstić information content (AvgIpc) is 2.55. The van der Waals surface area contributed by atoms with Gasteiger partial charge in [0, 0.05) is 6.07 Å². The number of nitro benzene ring substituents is 1. The number of halogens is 3. The zero-order valence-corrected chi connectivity index (χ0v) is 12.8. The Labute approximate surface area is 138 Å². The highest BCUT2D eigenvalue weighted by Crippen LogP contribution is 2.38. The Morgan fingerprint density at radius 1 is 1.29 bits per heavy atom. The zero-order chi connectivity index (χ0) is 18.0. The number of esters is 1. The minimum absolute atomic E-state index is 0.0245. The van der Waals surface area contributed by atoms with Gasteiger partial charge in [0.2, 0.25) is 0 Å². The summed E-state index contributed by atoms with van der Waals surface area (Å²) >= 11 is 5.80. The number of carbonyl (C=O) groups excluding carboxylic acids is 1. The molecular weight excluding hydrogens is 350 g/mol. The molecule has 0 unspecified atom stereocenters. The zero-order valence-electron chi connectivity index (χ0n) is 12.0. The number of nitrogens with two attached hydrogens (primary N) is 1. The van der Waals surface area contributed by atoms with Crippen molar-refractivity contribution in [1.82, 2.24) is 0 Å². The molecule has 0 radical (unpaired) electrons. The molecule has 0 aliphatic rings. The van der Waals surface area contributed by atoms with E-state index in [1.165, 1.54) is 6.07 Å². The number of hydrogen-bond donors (Lipinski definition) is 1. The third kappa shape index (κ3) is 3.06. The number of anilines is 1. The molecule has 2 aromatic carbocycles. The lowest BCUT2D eigenvalue weighted by Crippen LogP contribution is -2.10. The molecular formula is C14H9ClF2N2O5. The molecule has 0 aliphatic carbocycles. The fourth-order valence-electron chi connectivity index (χ4n) is 1.83. The standard InChI is InChI=1S/C14H9ClF2N2O5/c1-23-14(20)10-8(19(21)22)4-5-9(12(10)17)24-13-6(16)2-3-7(18)11(13)15/h2-5H,18H2,1H3. The number of nitrogen functional groups attached to an aromatic ring is 1. The van der Waals surface area contributed by atoms with E-state index >= 15 is 0 Å². The average molecular weight is 359 g/mol. The quantitative estimate of drug-likeness (QED) is 0.387. The van der Waals surface area contributed by atoms with Crippen LogP contribution in [-0.4, -0.2) is 18.0 Å². The molecule has 0 fully saturated rings. The van der Waals surface area contributed by atoms with Crippen LogP contribution in [-0.2, 0) is 4.74 Å². The molecule has 126 valence electrons. The van der Waals surface area contributed by atoms with Gasteiger partial charge in [0.25, 0.3) is 5.69 Å². The molecule has 2 N–H and O–H groups in total. The number of ether oxygens (including phenoxy) is 2. The van der Waals surface area contributed by atoms with Gasteiger partial charge < -0.3 is 15.2 Å². The van der Waals surface area contributed by atoms with Crippen LogP contribution >= 0.6 is 11.6 Å². The summed E-state index contributed by atoms with van der Waals surface area (Å²) in [5, 5.41) is 10.6. The van der Waals surface area contributed by atoms with Crippen LogP contribution in [0.25, 0.3) is 0 Å². The van der Waals surface area contributed by atoms with Crippen LogP contribution in [0.1, 0.15) is 10.4 Å². The topological polar surface area (TPSA) is 105 Å². The Kier molecular flexibility index (Phi) is 4.84. The summed E-state index contributed by atoms with van der Waals surface area (Å²) in [4.78, 5) is 21.6. The van der Waals surface area contributed by atoms with Gasteiger partial charge in [-0.3, -0.25) is 10.1 Å². The van der Waals surface area contributed by atoms with E-state index < -0.39 is 45.3 Å². The predicted octanol–water partition coefficient (Wildman–Crippen LogP) is 3.69. The first-order valence-corrected chi connectivity index (χ1v) is 6.62. The highest BCUT2D eigenvalue weighted by molar-refractivity contribution is 6.34. The molecule has 0 bridgehead atoms. The fourth-order valence-corrected chi connectivity index (χ4v) is 2.02. The van der Waals surface area contributed by atoms with E-state index in [0.717, 1.165) is 25.3 Å². The van der Waals surface area contributed by atoms with Crippen molar-refractivity contribution >= 4 is 28.9 Å². The number of nitrogens with zero attached hydrogens (tertiary/aromatic N) is 1. The van der Waals surface area contributed by atoms with Gasteiger partial charge in [-0.1, -0.05) is 11.6 Å². The third-order valence-corrected chi connectivity index (χ3v) is 3.35. The van der Waals surface area contributed by atoms with Crippen LogP contribution in [0.3, 0.4) is 0 Å². The van der Waals surface area contributed by atoms with E-state index in [1.54, 1.807) is 0 Å². The number of nitro groups is 1. The Morgan fingerprint density at radius 2 is 1.96 bits per heavy atom. The molecule has 0 saturated heterocycles. The number of carbonyl (C=O) groups is 1. The van der Waals surface area contributed by atoms with Crippen LogP contribution in [0.5, 0.6) is 11.5 Å². The molecule has 7 nitrogen and oxygen atoms in total. The number of hydrogen-bond acceptors (Lipinski definition) is 6. The molecule has 0 spiro atoms. The summed E-state index contributed by atoms with van der Waals surface area (Å²) in [6.07, 6.45) is 0. The summed E-state index contributed by atoms with van der Waals surface area (Å²) in [5.41, 5.74) is 3.70. The number of methoxy groups -OCH3 is 1. The second-order valence-corrected chi connectivity index (χ2v) is 4.78. The first kappa shape index (κ1) is 17.4. The number of benzene rings is 2. The Bertz CT molecular complexity index is 844. The van der Waals surface area contributed by atoms with E-state index in [0.29, 0.717) is 0 Å². The van der Waals surface area contributed by atoms with Crippen molar-refractivity contribution in [2.24, 2.45) is 0 Å². The Balaban J connectivity index is 2.60. The first-order valence-electron chi connectivity index (χ1n) is 6.24. The van der Waals surface area contributed by atoms with Crippen molar-refractivity contribution in [1.29, 1.82) is 0 Å². The monoisotopic (exact) mass is 358 g/mol. The summed E-state index contributed by atoms with van der Waals surface area (Å²) in [5.74, 6) is -4.86. The van der Waals surface area contributed by atoms with Gasteiger partial charge in [0.05, 0.1) is 17.7 Å². The highest BCUT2D eigenvalue weighted by atomic mass is 35.5. The second kappa shape index (κ2) is 6.67. The molecule has 0 atom stereocenters. The Hall–Kier alpha value is -2.94. The fraction of sp³-hybridized carbons (Fsp3) is 0.0714. The Morgan fingerprint density at radius 3 is 2.54 bits per heavy atom. The molecule has 0 aromatic heterocycles. The molecule has 2 aromatic rings. The lowest BCUT2D eigenvalue weighted by Gasteiger charge is -2.12. The van der Waals surface area contributed by atoms with E-state index in [1.807, 2.05) is 0 Å². The van der Waals surface area contributed by atoms with Crippen LogP contribution < -0.4 is 10.5 Å². The maximum Gasteiger partial charge on any atom is 0.348 e. The van der Waals surface area contributed by atoms with E-state index in [4.69, 9.17) is 22.1 Å². The van der Waals surface area contributed by atoms with Gasteiger partial charge in [-0.25, -0.2) is 13.6 Å². The normalized spacial score (nSPS) is 10.3.